The van der Waals surface area contributed by atoms with Crippen molar-refractivity contribution in [2.75, 3.05) is 18.0 Å². The van der Waals surface area contributed by atoms with Crippen LogP contribution in [0.25, 0.3) is 0 Å². The van der Waals surface area contributed by atoms with Crippen molar-refractivity contribution < 1.29 is 0 Å². The molecule has 94 valence electrons. The number of rotatable bonds is 2. The topological polar surface area (TPSA) is 42.1 Å². The summed E-state index contributed by atoms with van der Waals surface area (Å²) < 4.78 is 0. The first-order valence-corrected chi connectivity index (χ1v) is 6.44. The summed E-state index contributed by atoms with van der Waals surface area (Å²) in [5.74, 6) is 1.08. The highest BCUT2D eigenvalue weighted by atomic mass is 15.2. The second-order valence-electron chi connectivity index (χ2n) is 5.93. The Morgan fingerprint density at radius 3 is 2.88 bits per heavy atom. The van der Waals surface area contributed by atoms with Crippen molar-refractivity contribution in [2.45, 2.75) is 39.7 Å². The summed E-state index contributed by atoms with van der Waals surface area (Å²) in [4.78, 5) is 6.87. The molecule has 1 saturated heterocycles. The first kappa shape index (κ1) is 12.4. The van der Waals surface area contributed by atoms with Crippen LogP contribution in [0.2, 0.25) is 0 Å². The second-order valence-corrected chi connectivity index (χ2v) is 5.93. The molecule has 1 aliphatic rings. The predicted octanol–water partition coefficient (Wildman–Crippen LogP) is 2.73. The Kier molecular flexibility index (Phi) is 3.38. The molecule has 1 atom stereocenters. The van der Waals surface area contributed by atoms with E-state index in [-0.39, 0.29) is 6.04 Å². The van der Waals surface area contributed by atoms with E-state index in [1.807, 2.05) is 19.2 Å². The van der Waals surface area contributed by atoms with E-state index in [1.165, 1.54) is 18.4 Å². The van der Waals surface area contributed by atoms with Crippen molar-refractivity contribution in [1.29, 1.82) is 0 Å². The highest BCUT2D eigenvalue weighted by molar-refractivity contribution is 5.42. The van der Waals surface area contributed by atoms with Crippen molar-refractivity contribution in [3.05, 3.63) is 23.9 Å². The molecule has 0 spiro atoms. The lowest BCUT2D eigenvalue weighted by molar-refractivity contribution is 0.292. The molecule has 1 fully saturated rings. The Morgan fingerprint density at radius 2 is 2.24 bits per heavy atom. The van der Waals surface area contributed by atoms with E-state index < -0.39 is 0 Å². The molecule has 2 rings (SSSR count). The van der Waals surface area contributed by atoms with E-state index in [1.54, 1.807) is 0 Å². The van der Waals surface area contributed by atoms with Gasteiger partial charge in [0.2, 0.25) is 0 Å². The van der Waals surface area contributed by atoms with E-state index >= 15 is 0 Å². The Hall–Kier alpha value is -1.09. The predicted molar refractivity (Wildman–Crippen MR) is 72.1 cm³/mol. The fourth-order valence-corrected chi connectivity index (χ4v) is 2.51. The minimum absolute atomic E-state index is 0.0783. The average molecular weight is 233 g/mol. The van der Waals surface area contributed by atoms with Crippen molar-refractivity contribution >= 4 is 5.82 Å². The molecule has 0 bridgehead atoms. The second kappa shape index (κ2) is 4.65. The van der Waals surface area contributed by atoms with Crippen molar-refractivity contribution in [3.63, 3.8) is 0 Å². The standard InChI is InChI=1S/C14H23N3/c1-11(15)12-5-7-16-13(9-12)17-8-4-6-14(2,3)10-17/h5,7,9,11H,4,6,8,10,15H2,1-3H3/t11-/m0/s1. The Labute approximate surface area is 104 Å². The Bertz CT molecular complexity index is 385. The van der Waals surface area contributed by atoms with Crippen molar-refractivity contribution in [1.82, 2.24) is 4.98 Å². The van der Waals surface area contributed by atoms with Gasteiger partial charge in [0.25, 0.3) is 0 Å². The largest absolute Gasteiger partial charge is 0.356 e. The van der Waals surface area contributed by atoms with Crippen LogP contribution in [0.3, 0.4) is 0 Å². The number of pyridine rings is 1. The molecular formula is C14H23N3. The van der Waals surface area contributed by atoms with Crippen LogP contribution in [0.1, 0.15) is 45.2 Å². The maximum Gasteiger partial charge on any atom is 0.128 e. The molecule has 0 saturated carbocycles. The molecule has 1 aromatic heterocycles. The highest BCUT2D eigenvalue weighted by Crippen LogP contribution is 2.31. The van der Waals surface area contributed by atoms with E-state index in [4.69, 9.17) is 5.73 Å². The number of aromatic nitrogens is 1. The molecule has 2 N–H and O–H groups in total. The fraction of sp³-hybridized carbons (Fsp3) is 0.643. The lowest BCUT2D eigenvalue weighted by Gasteiger charge is -2.38. The zero-order valence-corrected chi connectivity index (χ0v) is 11.1. The minimum Gasteiger partial charge on any atom is -0.356 e. The maximum absolute atomic E-state index is 5.92. The molecule has 17 heavy (non-hydrogen) atoms. The van der Waals surface area contributed by atoms with Gasteiger partial charge in [0.15, 0.2) is 0 Å². The normalized spacial score (nSPS) is 21.3. The lowest BCUT2D eigenvalue weighted by atomic mass is 9.84. The first-order chi connectivity index (χ1) is 7.98. The summed E-state index contributed by atoms with van der Waals surface area (Å²) in [6.45, 7) is 8.86. The Morgan fingerprint density at radius 1 is 1.47 bits per heavy atom. The third kappa shape index (κ3) is 2.97. The zero-order chi connectivity index (χ0) is 12.5. The van der Waals surface area contributed by atoms with E-state index in [2.05, 4.69) is 29.8 Å². The van der Waals surface area contributed by atoms with Crippen LogP contribution in [0.4, 0.5) is 5.82 Å². The smallest absolute Gasteiger partial charge is 0.128 e. The minimum atomic E-state index is 0.0783. The molecule has 2 heterocycles. The van der Waals surface area contributed by atoms with Gasteiger partial charge >= 0.3 is 0 Å². The SMILES string of the molecule is C[C@H](N)c1ccnc(N2CCCC(C)(C)C2)c1. The van der Waals surface area contributed by atoms with Gasteiger partial charge in [-0.3, -0.25) is 0 Å². The summed E-state index contributed by atoms with van der Waals surface area (Å²) in [6, 6.07) is 4.21. The fourth-order valence-electron chi connectivity index (χ4n) is 2.51. The monoisotopic (exact) mass is 233 g/mol. The molecule has 0 aliphatic carbocycles. The van der Waals surface area contributed by atoms with Gasteiger partial charge in [-0.1, -0.05) is 13.8 Å². The summed E-state index contributed by atoms with van der Waals surface area (Å²) in [5, 5.41) is 0. The van der Waals surface area contributed by atoms with E-state index in [0.717, 1.165) is 18.9 Å². The van der Waals surface area contributed by atoms with Gasteiger partial charge in [0, 0.05) is 25.3 Å². The number of anilines is 1. The summed E-state index contributed by atoms with van der Waals surface area (Å²) >= 11 is 0. The third-order valence-corrected chi connectivity index (χ3v) is 3.52. The molecule has 0 unspecified atom stereocenters. The third-order valence-electron chi connectivity index (χ3n) is 3.52. The van der Waals surface area contributed by atoms with Gasteiger partial charge in [-0.15, -0.1) is 0 Å². The van der Waals surface area contributed by atoms with Gasteiger partial charge in [-0.25, -0.2) is 4.98 Å². The van der Waals surface area contributed by atoms with Crippen molar-refractivity contribution in [2.24, 2.45) is 11.1 Å². The summed E-state index contributed by atoms with van der Waals surface area (Å²) in [5.41, 5.74) is 7.48. The number of piperidine rings is 1. The molecule has 0 radical (unpaired) electrons. The maximum atomic E-state index is 5.92. The number of nitrogens with zero attached hydrogens (tertiary/aromatic N) is 2. The number of nitrogens with two attached hydrogens (primary N) is 1. The quantitative estimate of drug-likeness (QED) is 0.854. The van der Waals surface area contributed by atoms with Crippen LogP contribution < -0.4 is 10.6 Å². The van der Waals surface area contributed by atoms with Crippen LogP contribution in [0.5, 0.6) is 0 Å². The van der Waals surface area contributed by atoms with Gasteiger partial charge in [0.05, 0.1) is 0 Å². The number of hydrogen-bond donors (Lipinski definition) is 1. The van der Waals surface area contributed by atoms with Crippen LogP contribution >= 0.6 is 0 Å². The molecule has 0 aromatic carbocycles. The van der Waals surface area contributed by atoms with Crippen molar-refractivity contribution in [3.8, 4) is 0 Å². The highest BCUT2D eigenvalue weighted by Gasteiger charge is 2.27. The summed E-state index contributed by atoms with van der Waals surface area (Å²) in [6.07, 6.45) is 4.42. The van der Waals surface area contributed by atoms with Crippen LogP contribution in [-0.2, 0) is 0 Å². The first-order valence-electron chi connectivity index (χ1n) is 6.44. The van der Waals surface area contributed by atoms with Crippen LogP contribution in [0, 0.1) is 5.41 Å². The molecule has 1 aromatic rings. The van der Waals surface area contributed by atoms with Crippen LogP contribution in [-0.4, -0.2) is 18.1 Å². The molecule has 3 nitrogen and oxygen atoms in total. The van der Waals surface area contributed by atoms with Gasteiger partial charge in [0.1, 0.15) is 5.82 Å². The average Bonchev–Trinajstić information content (AvgIpc) is 2.28. The van der Waals surface area contributed by atoms with Gasteiger partial charge in [-0.2, -0.15) is 0 Å². The Balaban J connectivity index is 2.19. The number of hydrogen-bond acceptors (Lipinski definition) is 3. The van der Waals surface area contributed by atoms with Gasteiger partial charge in [-0.05, 0) is 42.9 Å². The molecular weight excluding hydrogens is 210 g/mol. The van der Waals surface area contributed by atoms with E-state index in [9.17, 15) is 0 Å². The molecule has 0 amide bonds. The lowest BCUT2D eigenvalue weighted by Crippen LogP contribution is -2.40. The molecule has 3 heteroatoms. The summed E-state index contributed by atoms with van der Waals surface area (Å²) in [7, 11) is 0. The zero-order valence-electron chi connectivity index (χ0n) is 11.1. The van der Waals surface area contributed by atoms with Crippen LogP contribution in [0.15, 0.2) is 18.3 Å². The van der Waals surface area contributed by atoms with Gasteiger partial charge < -0.3 is 10.6 Å². The van der Waals surface area contributed by atoms with E-state index in [0.29, 0.717) is 5.41 Å². The molecule has 1 aliphatic heterocycles.